The number of carbonyl (C=O) groups is 2. The minimum Gasteiger partial charge on any atom is -0.495 e. The average Bonchev–Trinajstić information content (AvgIpc) is 3.59. The van der Waals surface area contributed by atoms with E-state index in [1.165, 1.54) is 37.1 Å². The summed E-state index contributed by atoms with van der Waals surface area (Å²) in [4.78, 5) is 24.7. The van der Waals surface area contributed by atoms with Crippen molar-refractivity contribution in [2.45, 2.75) is 180 Å². The maximum absolute atomic E-state index is 13.8. The van der Waals surface area contributed by atoms with Crippen LogP contribution in [0.3, 0.4) is 0 Å². The molecule has 0 bridgehead atoms. The number of aliphatic hydroxyl groups excluding tert-OH is 1. The van der Waals surface area contributed by atoms with Gasteiger partial charge < -0.3 is 14.9 Å². The number of hydrogen-bond acceptors (Lipinski definition) is 5. The molecule has 4 fully saturated rings. The Morgan fingerprint density at radius 3 is 2.08 bits per heavy atom. The highest BCUT2D eigenvalue weighted by Gasteiger charge is 2.73. The standard InChI is InChI=1S/C49H73FN2O4.C2H6O.C2H6/c1-14-39(51(13)52(31-53)30-34-15-17-35(50)18-16-34)49-24-21-36(32(2)3)41(49)37-19-20-38-46(10,45(37,9)26-28-49)25-27-48(12)44(7,8)40(22-23-47(38,48)11)56-33(4)29-43(5,6)42(54)55;1-2-3;1-2/h14-18,31-32,37-38,40H,4,19-30H2,1-3,5-13H3,(H,54,55);3H,2H2,1H3;1-2H3/b39-14-;;/t37?,38?,40?,45-,46?,47?,48?,49?;;/m1../s1. The van der Waals surface area contributed by atoms with Crippen LogP contribution in [0.15, 0.2) is 59.5 Å². The molecule has 344 valence electrons. The lowest BCUT2D eigenvalue weighted by Gasteiger charge is -2.75. The van der Waals surface area contributed by atoms with Crippen LogP contribution >= 0.6 is 0 Å². The van der Waals surface area contributed by atoms with E-state index in [-0.39, 0.29) is 51.0 Å². The highest BCUT2D eigenvalue weighted by Crippen LogP contribution is 2.80. The summed E-state index contributed by atoms with van der Waals surface area (Å²) in [5, 5.41) is 21.2. The van der Waals surface area contributed by atoms with E-state index in [2.05, 4.69) is 80.0 Å². The summed E-state index contributed by atoms with van der Waals surface area (Å²) >= 11 is 0. The molecular formula is C53H85FN2O5. The largest absolute Gasteiger partial charge is 0.495 e. The fourth-order valence-corrected chi connectivity index (χ4v) is 14.1. The van der Waals surface area contributed by atoms with Crippen molar-refractivity contribution in [2.24, 2.45) is 55.7 Å². The van der Waals surface area contributed by atoms with Gasteiger partial charge in [0.2, 0.25) is 6.41 Å². The predicted molar refractivity (Wildman–Crippen MR) is 247 cm³/mol. The normalized spacial score (nSPS) is 33.9. The number of aliphatic hydroxyl groups is 1. The molecule has 6 rings (SSSR count). The lowest BCUT2D eigenvalue weighted by Crippen LogP contribution is -2.69. The Labute approximate surface area is 370 Å². The lowest BCUT2D eigenvalue weighted by atomic mass is 9.29. The molecule has 0 heterocycles. The number of fused-ring (bicyclic) bond motifs is 7. The SMILES string of the molecule is C=C(CC(C)(C)C(=O)O)OC1CCC2(C)C3CCC4C5=C(C(C)C)CCC5(/C(=C/C)N(C)N(C=O)Cc5ccc(F)cc5)CC[C@@]4(C)C3(C)CCC2(C)C1(C)C.CC.CCO. The molecule has 8 atom stereocenters. The molecule has 0 aromatic heterocycles. The van der Waals surface area contributed by atoms with Crippen molar-refractivity contribution in [2.75, 3.05) is 13.7 Å². The van der Waals surface area contributed by atoms with Crippen molar-refractivity contribution in [1.82, 2.24) is 10.0 Å². The number of carboxylic acids is 1. The number of carbonyl (C=O) groups excluding carboxylic acids is 1. The Balaban J connectivity index is 0.00000157. The van der Waals surface area contributed by atoms with E-state index in [4.69, 9.17) is 9.84 Å². The van der Waals surface area contributed by atoms with Gasteiger partial charge >= 0.3 is 5.97 Å². The smallest absolute Gasteiger partial charge is 0.309 e. The van der Waals surface area contributed by atoms with Gasteiger partial charge in [0, 0.05) is 36.6 Å². The molecule has 7 unspecified atom stereocenters. The summed E-state index contributed by atoms with van der Waals surface area (Å²) in [6.07, 6.45) is 14.7. The molecule has 1 aromatic rings. The van der Waals surface area contributed by atoms with Crippen molar-refractivity contribution in [3.63, 3.8) is 0 Å². The first kappa shape index (κ1) is 50.5. The van der Waals surface area contributed by atoms with E-state index < -0.39 is 11.4 Å². The van der Waals surface area contributed by atoms with Crippen molar-refractivity contribution >= 4 is 12.4 Å². The van der Waals surface area contributed by atoms with Crippen molar-refractivity contribution in [3.8, 4) is 0 Å². The van der Waals surface area contributed by atoms with Gasteiger partial charge in [-0.15, -0.1) is 0 Å². The molecule has 4 saturated carbocycles. The Kier molecular flexibility index (Phi) is 15.3. The van der Waals surface area contributed by atoms with E-state index in [0.717, 1.165) is 56.9 Å². The molecule has 0 spiro atoms. The summed E-state index contributed by atoms with van der Waals surface area (Å²) in [5.41, 5.74) is 4.74. The summed E-state index contributed by atoms with van der Waals surface area (Å²) in [6.45, 7) is 36.3. The van der Waals surface area contributed by atoms with Crippen LogP contribution in [0, 0.1) is 61.5 Å². The highest BCUT2D eigenvalue weighted by molar-refractivity contribution is 5.73. The zero-order valence-electron chi connectivity index (χ0n) is 41.1. The zero-order valence-corrected chi connectivity index (χ0v) is 41.1. The monoisotopic (exact) mass is 849 g/mol. The number of benzene rings is 1. The van der Waals surface area contributed by atoms with Crippen LogP contribution in [0.4, 0.5) is 4.39 Å². The second-order valence-electron chi connectivity index (χ2n) is 21.6. The minimum absolute atomic E-state index is 0.00766. The molecule has 1 aromatic carbocycles. The van der Waals surface area contributed by atoms with Gasteiger partial charge in [0.1, 0.15) is 11.9 Å². The van der Waals surface area contributed by atoms with Gasteiger partial charge in [-0.1, -0.05) is 105 Å². The highest BCUT2D eigenvalue weighted by atomic mass is 19.1. The Morgan fingerprint density at radius 1 is 0.951 bits per heavy atom. The van der Waals surface area contributed by atoms with Crippen molar-refractivity contribution < 1.29 is 28.9 Å². The molecule has 5 aliphatic carbocycles. The third kappa shape index (κ3) is 8.27. The third-order valence-corrected chi connectivity index (χ3v) is 18.1. The van der Waals surface area contributed by atoms with E-state index in [0.29, 0.717) is 36.5 Å². The number of nitrogens with zero attached hydrogens (tertiary/aromatic N) is 2. The molecule has 5 aliphatic rings. The quantitative estimate of drug-likeness (QED) is 0.0942. The molecule has 7 nitrogen and oxygen atoms in total. The summed E-state index contributed by atoms with van der Waals surface area (Å²) in [7, 11) is 2.05. The summed E-state index contributed by atoms with van der Waals surface area (Å²) in [5.74, 6) is 1.00. The number of ether oxygens (including phenoxy) is 1. The van der Waals surface area contributed by atoms with Gasteiger partial charge in [-0.3, -0.25) is 19.6 Å². The number of amides is 1. The summed E-state index contributed by atoms with van der Waals surface area (Å²) < 4.78 is 20.5. The van der Waals surface area contributed by atoms with Crippen LogP contribution in [0.2, 0.25) is 0 Å². The Morgan fingerprint density at radius 2 is 1.54 bits per heavy atom. The van der Waals surface area contributed by atoms with Crippen molar-refractivity contribution in [1.29, 1.82) is 0 Å². The number of rotatable bonds is 12. The number of halogens is 1. The van der Waals surface area contributed by atoms with Crippen LogP contribution < -0.4 is 0 Å². The number of allylic oxidation sites excluding steroid dienone is 4. The maximum Gasteiger partial charge on any atom is 0.309 e. The van der Waals surface area contributed by atoms with Crippen LogP contribution in [-0.4, -0.2) is 52.4 Å². The van der Waals surface area contributed by atoms with E-state index in [1.807, 2.05) is 20.9 Å². The van der Waals surface area contributed by atoms with Crippen LogP contribution in [-0.2, 0) is 20.9 Å². The average molecular weight is 849 g/mol. The second-order valence-corrected chi connectivity index (χ2v) is 21.6. The zero-order chi connectivity index (χ0) is 46.1. The molecule has 0 saturated heterocycles. The van der Waals surface area contributed by atoms with Gasteiger partial charge in [-0.25, -0.2) is 4.39 Å². The van der Waals surface area contributed by atoms with E-state index >= 15 is 0 Å². The van der Waals surface area contributed by atoms with Crippen molar-refractivity contribution in [3.05, 3.63) is 70.9 Å². The first-order chi connectivity index (χ1) is 28.4. The topological polar surface area (TPSA) is 90.3 Å². The van der Waals surface area contributed by atoms with Gasteiger partial charge in [0.25, 0.3) is 0 Å². The Hall–Kier alpha value is -3.13. The van der Waals surface area contributed by atoms with Gasteiger partial charge in [-0.05, 0) is 149 Å². The maximum atomic E-state index is 13.8. The van der Waals surface area contributed by atoms with E-state index in [1.54, 1.807) is 49.1 Å². The third-order valence-electron chi connectivity index (χ3n) is 18.1. The molecule has 8 heteroatoms. The molecule has 61 heavy (non-hydrogen) atoms. The first-order valence-corrected chi connectivity index (χ1v) is 23.7. The van der Waals surface area contributed by atoms with E-state index in [9.17, 15) is 19.1 Å². The fourth-order valence-electron chi connectivity index (χ4n) is 14.1. The van der Waals surface area contributed by atoms with Gasteiger partial charge in [0.05, 0.1) is 17.7 Å². The minimum atomic E-state index is -0.919. The fraction of sp³-hybridized carbons (Fsp3) is 0.736. The molecule has 0 radical (unpaired) electrons. The van der Waals surface area contributed by atoms with Gasteiger partial charge in [-0.2, -0.15) is 0 Å². The lowest BCUT2D eigenvalue weighted by molar-refractivity contribution is -0.270. The predicted octanol–water partition coefficient (Wildman–Crippen LogP) is 13.2. The summed E-state index contributed by atoms with van der Waals surface area (Å²) in [6, 6.07) is 6.48. The van der Waals surface area contributed by atoms with Gasteiger partial charge in [0.15, 0.2) is 0 Å². The number of carboxylic acid groups (broad SMARTS) is 1. The van der Waals surface area contributed by atoms with Crippen LogP contribution in [0.25, 0.3) is 0 Å². The first-order valence-electron chi connectivity index (χ1n) is 23.7. The number of hydrogen-bond donors (Lipinski definition) is 2. The number of hydrazine groups is 1. The molecule has 0 aliphatic heterocycles. The second kappa shape index (κ2) is 18.5. The molecule has 2 N–H and O–H groups in total. The Bertz CT molecular complexity index is 1800. The van der Waals surface area contributed by atoms with Crippen LogP contribution in [0.5, 0.6) is 0 Å². The van der Waals surface area contributed by atoms with Crippen LogP contribution in [0.1, 0.15) is 173 Å². The molecule has 1 amide bonds. The molecular weight excluding hydrogens is 764 g/mol. The number of aliphatic carboxylic acids is 1.